The van der Waals surface area contributed by atoms with Crippen LogP contribution in [0.2, 0.25) is 0 Å². The third kappa shape index (κ3) is 4.08. The number of likely N-dealkylation sites (tertiary alicyclic amines) is 1. The molecule has 1 rings (SSSR count). The van der Waals surface area contributed by atoms with Gasteiger partial charge in [-0.05, 0) is 26.3 Å². The van der Waals surface area contributed by atoms with Crippen LogP contribution in [-0.2, 0) is 9.63 Å². The molecule has 2 N–H and O–H groups in total. The van der Waals surface area contributed by atoms with Gasteiger partial charge in [-0.3, -0.25) is 9.69 Å². The Morgan fingerprint density at radius 1 is 1.56 bits per heavy atom. The highest BCUT2D eigenvalue weighted by Crippen LogP contribution is 2.15. The van der Waals surface area contributed by atoms with Crippen molar-refractivity contribution in [2.45, 2.75) is 44.7 Å². The van der Waals surface area contributed by atoms with Crippen LogP contribution in [0.3, 0.4) is 0 Å². The number of hydrogen-bond donors (Lipinski definition) is 2. The van der Waals surface area contributed by atoms with Gasteiger partial charge in [0, 0.05) is 12.6 Å². The summed E-state index contributed by atoms with van der Waals surface area (Å²) in [6.45, 7) is 3.57. The summed E-state index contributed by atoms with van der Waals surface area (Å²) < 4.78 is 0. The molecule has 2 atom stereocenters. The second-order valence-electron chi connectivity index (χ2n) is 4.39. The van der Waals surface area contributed by atoms with Crippen molar-refractivity contribution in [1.82, 2.24) is 10.4 Å². The topological polar surface area (TPSA) is 61.8 Å². The molecule has 0 aromatic carbocycles. The largest absolute Gasteiger partial charge is 0.480 e. The number of carbonyl (C=O) groups is 1. The molecule has 1 saturated heterocycles. The van der Waals surface area contributed by atoms with E-state index in [1.807, 2.05) is 11.9 Å². The normalized spacial score (nSPS) is 26.9. The van der Waals surface area contributed by atoms with Crippen molar-refractivity contribution in [2.24, 2.45) is 0 Å². The number of likely N-dealkylation sites (N-methyl/N-ethyl adjacent to an activating group) is 1. The van der Waals surface area contributed by atoms with Crippen molar-refractivity contribution < 1.29 is 14.7 Å². The van der Waals surface area contributed by atoms with E-state index in [0.29, 0.717) is 6.42 Å². The molecule has 94 valence electrons. The summed E-state index contributed by atoms with van der Waals surface area (Å²) in [6.07, 6.45) is 3.70. The first-order valence-corrected chi connectivity index (χ1v) is 5.95. The summed E-state index contributed by atoms with van der Waals surface area (Å²) in [5, 5.41) is 8.95. The first kappa shape index (κ1) is 13.4. The fourth-order valence-corrected chi connectivity index (χ4v) is 1.95. The Balaban J connectivity index is 2.21. The lowest BCUT2D eigenvalue weighted by Crippen LogP contribution is -2.51. The number of carboxylic acid groups (broad SMARTS) is 1. The molecule has 0 bridgehead atoms. The van der Waals surface area contributed by atoms with Crippen molar-refractivity contribution in [3.05, 3.63) is 0 Å². The molecule has 1 heterocycles. The summed E-state index contributed by atoms with van der Waals surface area (Å²) >= 11 is 0. The predicted molar refractivity (Wildman–Crippen MR) is 61.1 cm³/mol. The van der Waals surface area contributed by atoms with Gasteiger partial charge in [-0.1, -0.05) is 13.3 Å². The van der Waals surface area contributed by atoms with Gasteiger partial charge in [0.15, 0.2) is 0 Å². The first-order chi connectivity index (χ1) is 7.65. The lowest BCUT2D eigenvalue weighted by atomic mass is 10.00. The Hall–Kier alpha value is -0.650. The van der Waals surface area contributed by atoms with Gasteiger partial charge in [-0.25, -0.2) is 0 Å². The predicted octanol–water partition coefficient (Wildman–Crippen LogP) is 0.855. The van der Waals surface area contributed by atoms with Gasteiger partial charge in [0.25, 0.3) is 0 Å². The molecule has 0 radical (unpaired) electrons. The SMILES string of the molecule is CCCCON[C@@H]1CC[C@@H](C(=O)O)N(C)C1. The Labute approximate surface area is 96.7 Å². The lowest BCUT2D eigenvalue weighted by molar-refractivity contribution is -0.144. The van der Waals surface area contributed by atoms with Gasteiger partial charge in [0.05, 0.1) is 6.61 Å². The minimum atomic E-state index is -0.729. The van der Waals surface area contributed by atoms with Gasteiger partial charge in [0.1, 0.15) is 6.04 Å². The Bertz CT molecular complexity index is 223. The van der Waals surface area contributed by atoms with Crippen molar-refractivity contribution >= 4 is 5.97 Å². The maximum absolute atomic E-state index is 10.9. The van der Waals surface area contributed by atoms with E-state index in [4.69, 9.17) is 9.94 Å². The molecular formula is C11H22N2O3. The quantitative estimate of drug-likeness (QED) is 0.523. The fourth-order valence-electron chi connectivity index (χ4n) is 1.95. The van der Waals surface area contributed by atoms with Gasteiger partial charge in [-0.15, -0.1) is 0 Å². The highest BCUT2D eigenvalue weighted by atomic mass is 16.6. The number of unbranched alkanes of at least 4 members (excludes halogenated alkanes) is 1. The van der Waals surface area contributed by atoms with Crippen LogP contribution in [0, 0.1) is 0 Å². The zero-order valence-corrected chi connectivity index (χ0v) is 10.1. The molecule has 16 heavy (non-hydrogen) atoms. The highest BCUT2D eigenvalue weighted by molar-refractivity contribution is 5.73. The van der Waals surface area contributed by atoms with E-state index in [-0.39, 0.29) is 12.1 Å². The van der Waals surface area contributed by atoms with E-state index in [2.05, 4.69) is 12.4 Å². The number of carboxylic acids is 1. The number of piperidine rings is 1. The summed E-state index contributed by atoms with van der Waals surface area (Å²) in [5.74, 6) is -0.729. The Morgan fingerprint density at radius 3 is 2.88 bits per heavy atom. The fraction of sp³-hybridized carbons (Fsp3) is 0.909. The van der Waals surface area contributed by atoms with E-state index < -0.39 is 5.97 Å². The van der Waals surface area contributed by atoms with E-state index in [9.17, 15) is 4.79 Å². The van der Waals surface area contributed by atoms with Crippen molar-refractivity contribution in [2.75, 3.05) is 20.2 Å². The minimum Gasteiger partial charge on any atom is -0.480 e. The number of hydroxylamine groups is 1. The van der Waals surface area contributed by atoms with Crippen LogP contribution >= 0.6 is 0 Å². The molecule has 5 nitrogen and oxygen atoms in total. The number of nitrogens with one attached hydrogen (secondary N) is 1. The summed E-state index contributed by atoms with van der Waals surface area (Å²) in [7, 11) is 1.85. The smallest absolute Gasteiger partial charge is 0.320 e. The van der Waals surface area contributed by atoms with Crippen LogP contribution in [0.1, 0.15) is 32.6 Å². The van der Waals surface area contributed by atoms with E-state index in [1.54, 1.807) is 0 Å². The summed E-state index contributed by atoms with van der Waals surface area (Å²) in [5.41, 5.74) is 3.01. The maximum Gasteiger partial charge on any atom is 0.320 e. The second-order valence-corrected chi connectivity index (χ2v) is 4.39. The molecule has 0 aliphatic carbocycles. The van der Waals surface area contributed by atoms with Crippen LogP contribution in [0.5, 0.6) is 0 Å². The van der Waals surface area contributed by atoms with Crippen LogP contribution in [0.15, 0.2) is 0 Å². The summed E-state index contributed by atoms with van der Waals surface area (Å²) in [4.78, 5) is 18.1. The maximum atomic E-state index is 10.9. The van der Waals surface area contributed by atoms with E-state index in [0.717, 1.165) is 32.4 Å². The molecule has 0 unspecified atom stereocenters. The Kier molecular flexibility index (Phi) is 5.73. The van der Waals surface area contributed by atoms with Crippen molar-refractivity contribution in [1.29, 1.82) is 0 Å². The average Bonchev–Trinajstić information content (AvgIpc) is 2.24. The zero-order chi connectivity index (χ0) is 12.0. The molecule has 1 aliphatic rings. The molecule has 0 aromatic rings. The number of nitrogens with zero attached hydrogens (tertiary/aromatic N) is 1. The van der Waals surface area contributed by atoms with Crippen LogP contribution in [0.4, 0.5) is 0 Å². The number of rotatable bonds is 6. The minimum absolute atomic E-state index is 0.248. The first-order valence-electron chi connectivity index (χ1n) is 5.95. The molecule has 0 spiro atoms. The van der Waals surface area contributed by atoms with Gasteiger partial charge in [0.2, 0.25) is 0 Å². The molecular weight excluding hydrogens is 208 g/mol. The van der Waals surface area contributed by atoms with Gasteiger partial charge < -0.3 is 9.94 Å². The third-order valence-corrected chi connectivity index (χ3v) is 2.96. The Morgan fingerprint density at radius 2 is 2.31 bits per heavy atom. The molecule has 1 fully saturated rings. The van der Waals surface area contributed by atoms with Crippen LogP contribution in [0.25, 0.3) is 0 Å². The molecule has 0 saturated carbocycles. The van der Waals surface area contributed by atoms with Crippen LogP contribution in [-0.4, -0.2) is 48.3 Å². The van der Waals surface area contributed by atoms with Crippen molar-refractivity contribution in [3.63, 3.8) is 0 Å². The summed E-state index contributed by atoms with van der Waals surface area (Å²) in [6, 6.07) is -0.0915. The highest BCUT2D eigenvalue weighted by Gasteiger charge is 2.30. The molecule has 0 aromatic heterocycles. The monoisotopic (exact) mass is 230 g/mol. The standard InChI is InChI=1S/C11H22N2O3/c1-3-4-7-16-12-9-5-6-10(11(14)15)13(2)8-9/h9-10,12H,3-8H2,1-2H3,(H,14,15)/t9-,10+/m1/s1. The second kappa shape index (κ2) is 6.83. The van der Waals surface area contributed by atoms with Crippen molar-refractivity contribution in [3.8, 4) is 0 Å². The van der Waals surface area contributed by atoms with E-state index in [1.165, 1.54) is 0 Å². The third-order valence-electron chi connectivity index (χ3n) is 2.96. The number of hydrogen-bond acceptors (Lipinski definition) is 4. The van der Waals surface area contributed by atoms with E-state index >= 15 is 0 Å². The average molecular weight is 230 g/mol. The molecule has 5 heteroatoms. The molecule has 1 aliphatic heterocycles. The number of aliphatic carboxylic acids is 1. The lowest BCUT2D eigenvalue weighted by Gasteiger charge is -2.34. The van der Waals surface area contributed by atoms with Crippen LogP contribution < -0.4 is 5.48 Å². The van der Waals surface area contributed by atoms with Gasteiger partial charge in [-0.2, -0.15) is 5.48 Å². The zero-order valence-electron chi connectivity index (χ0n) is 10.1. The molecule has 0 amide bonds. The van der Waals surface area contributed by atoms with Gasteiger partial charge >= 0.3 is 5.97 Å².